The molecule has 0 amide bonds. The van der Waals surface area contributed by atoms with E-state index < -0.39 is 17.7 Å². The third-order valence-corrected chi connectivity index (χ3v) is 3.90. The summed E-state index contributed by atoms with van der Waals surface area (Å²) >= 11 is 0. The Morgan fingerprint density at radius 3 is 2.90 bits per heavy atom. The monoisotopic (exact) mass is 293 g/mol. The number of likely N-dealkylation sites (tertiary alicyclic amines) is 1. The number of hydrogen-bond acceptors (Lipinski definition) is 3. The van der Waals surface area contributed by atoms with Crippen LogP contribution in [-0.2, 0) is 6.54 Å². The van der Waals surface area contributed by atoms with Crippen LogP contribution in [0.3, 0.4) is 0 Å². The number of β-amino-alcohol motifs (C(OH)–C–C–N with tert-alkyl or cyclic N) is 1. The smallest absolute Gasteiger partial charge is 0.128 e. The Labute approximate surface area is 121 Å². The predicted octanol–water partition coefficient (Wildman–Crippen LogP) is 1.97. The van der Waals surface area contributed by atoms with Crippen molar-refractivity contribution < 1.29 is 13.9 Å². The van der Waals surface area contributed by atoms with Crippen molar-refractivity contribution in [3.8, 4) is 0 Å². The average Bonchev–Trinajstić information content (AvgIpc) is 3.08. The van der Waals surface area contributed by atoms with E-state index in [1.54, 1.807) is 12.5 Å². The summed E-state index contributed by atoms with van der Waals surface area (Å²) in [6, 6.07) is 3.19. The molecule has 1 N–H and O–H groups in total. The number of imidazole rings is 1. The Hall–Kier alpha value is -1.79. The van der Waals surface area contributed by atoms with Crippen molar-refractivity contribution >= 4 is 0 Å². The Kier molecular flexibility index (Phi) is 3.98. The standard InChI is InChI=1S/C15H17F2N3O/c16-11-1-2-14(17)13(7-11)15-8-12(21)9-20(15)6-5-19-4-3-18-10-19/h1-4,7,10,12,15,21H,5-6,8-9H2/t12-,15-/m0/s1. The minimum atomic E-state index is -0.513. The second kappa shape index (κ2) is 5.91. The molecule has 1 aromatic heterocycles. The van der Waals surface area contributed by atoms with Crippen LogP contribution in [-0.4, -0.2) is 38.8 Å². The van der Waals surface area contributed by atoms with Gasteiger partial charge in [0.1, 0.15) is 11.6 Å². The minimum absolute atomic E-state index is 0.292. The van der Waals surface area contributed by atoms with Gasteiger partial charge in [0.15, 0.2) is 0 Å². The van der Waals surface area contributed by atoms with Crippen molar-refractivity contribution in [2.45, 2.75) is 25.1 Å². The number of aromatic nitrogens is 2. The van der Waals surface area contributed by atoms with E-state index in [2.05, 4.69) is 4.98 Å². The molecule has 0 radical (unpaired) electrons. The molecule has 0 saturated carbocycles. The quantitative estimate of drug-likeness (QED) is 0.937. The van der Waals surface area contributed by atoms with Gasteiger partial charge in [-0.15, -0.1) is 0 Å². The van der Waals surface area contributed by atoms with Gasteiger partial charge in [-0.3, -0.25) is 4.90 Å². The molecule has 112 valence electrons. The van der Waals surface area contributed by atoms with Gasteiger partial charge < -0.3 is 9.67 Å². The molecule has 3 rings (SSSR count). The van der Waals surface area contributed by atoms with Crippen LogP contribution in [0.2, 0.25) is 0 Å². The number of aliphatic hydroxyl groups is 1. The minimum Gasteiger partial charge on any atom is -0.392 e. The molecule has 2 aromatic rings. The van der Waals surface area contributed by atoms with Crippen LogP contribution in [0.1, 0.15) is 18.0 Å². The van der Waals surface area contributed by atoms with Gasteiger partial charge >= 0.3 is 0 Å². The Morgan fingerprint density at radius 2 is 2.14 bits per heavy atom. The maximum atomic E-state index is 13.9. The molecule has 6 heteroatoms. The number of aliphatic hydroxyl groups excluding tert-OH is 1. The highest BCUT2D eigenvalue weighted by atomic mass is 19.1. The van der Waals surface area contributed by atoms with Gasteiger partial charge in [-0.05, 0) is 24.6 Å². The number of nitrogens with zero attached hydrogens (tertiary/aromatic N) is 3. The van der Waals surface area contributed by atoms with E-state index in [9.17, 15) is 13.9 Å². The fraction of sp³-hybridized carbons (Fsp3) is 0.400. The van der Waals surface area contributed by atoms with Crippen molar-refractivity contribution in [2.75, 3.05) is 13.1 Å². The molecular weight excluding hydrogens is 276 g/mol. The molecule has 21 heavy (non-hydrogen) atoms. The lowest BCUT2D eigenvalue weighted by atomic mass is 10.0. The molecule has 2 heterocycles. The third kappa shape index (κ3) is 3.11. The summed E-state index contributed by atoms with van der Waals surface area (Å²) < 4.78 is 29.2. The van der Waals surface area contributed by atoms with E-state index in [1.165, 1.54) is 6.07 Å². The van der Waals surface area contributed by atoms with Crippen LogP contribution in [0.5, 0.6) is 0 Å². The zero-order chi connectivity index (χ0) is 14.8. The molecule has 1 aromatic carbocycles. The van der Waals surface area contributed by atoms with Crippen LogP contribution in [0.4, 0.5) is 8.78 Å². The Bertz CT molecular complexity index is 603. The first-order chi connectivity index (χ1) is 10.1. The summed E-state index contributed by atoms with van der Waals surface area (Å²) in [4.78, 5) is 5.96. The first-order valence-electron chi connectivity index (χ1n) is 6.96. The van der Waals surface area contributed by atoms with Crippen molar-refractivity contribution in [3.63, 3.8) is 0 Å². The number of halogens is 2. The van der Waals surface area contributed by atoms with E-state index in [4.69, 9.17) is 0 Å². The first-order valence-corrected chi connectivity index (χ1v) is 6.96. The highest BCUT2D eigenvalue weighted by Crippen LogP contribution is 2.33. The summed E-state index contributed by atoms with van der Waals surface area (Å²) in [6.07, 6.45) is 5.17. The van der Waals surface area contributed by atoms with E-state index >= 15 is 0 Å². The van der Waals surface area contributed by atoms with Gasteiger partial charge in [0.2, 0.25) is 0 Å². The SMILES string of the molecule is O[C@H]1C[C@@H](c2cc(F)ccc2F)N(CCn2ccnc2)C1. The van der Waals surface area contributed by atoms with E-state index in [1.807, 2.05) is 15.7 Å². The zero-order valence-corrected chi connectivity index (χ0v) is 11.5. The van der Waals surface area contributed by atoms with Crippen molar-refractivity contribution in [1.82, 2.24) is 14.5 Å². The first kappa shape index (κ1) is 14.2. The van der Waals surface area contributed by atoms with Crippen LogP contribution < -0.4 is 0 Å². The summed E-state index contributed by atoms with van der Waals surface area (Å²) in [5.41, 5.74) is 0.317. The molecule has 1 aliphatic heterocycles. The van der Waals surface area contributed by atoms with Gasteiger partial charge in [0.25, 0.3) is 0 Å². The van der Waals surface area contributed by atoms with Gasteiger partial charge in [-0.1, -0.05) is 0 Å². The summed E-state index contributed by atoms with van der Waals surface area (Å²) in [5, 5.41) is 9.87. The number of benzene rings is 1. The van der Waals surface area contributed by atoms with Crippen LogP contribution in [0, 0.1) is 11.6 Å². The van der Waals surface area contributed by atoms with Crippen molar-refractivity contribution in [3.05, 3.63) is 54.1 Å². The topological polar surface area (TPSA) is 41.3 Å². The summed E-state index contributed by atoms with van der Waals surface area (Å²) in [7, 11) is 0. The van der Waals surface area contributed by atoms with Gasteiger partial charge in [0.05, 0.1) is 12.4 Å². The highest BCUT2D eigenvalue weighted by molar-refractivity contribution is 5.23. The molecule has 0 aliphatic carbocycles. The maximum absolute atomic E-state index is 13.9. The molecule has 0 spiro atoms. The maximum Gasteiger partial charge on any atom is 0.128 e. The molecule has 0 unspecified atom stereocenters. The summed E-state index contributed by atoms with van der Waals surface area (Å²) in [6.45, 7) is 1.81. The molecule has 1 aliphatic rings. The third-order valence-electron chi connectivity index (χ3n) is 3.90. The van der Waals surface area contributed by atoms with Crippen LogP contribution in [0.25, 0.3) is 0 Å². The number of rotatable bonds is 4. The Balaban J connectivity index is 1.77. The van der Waals surface area contributed by atoms with Crippen molar-refractivity contribution in [1.29, 1.82) is 0 Å². The van der Waals surface area contributed by atoms with E-state index in [0.29, 0.717) is 31.6 Å². The summed E-state index contributed by atoms with van der Waals surface area (Å²) in [5.74, 6) is -0.884. The second-order valence-corrected chi connectivity index (χ2v) is 5.37. The number of hydrogen-bond donors (Lipinski definition) is 1. The molecule has 4 nitrogen and oxygen atoms in total. The van der Waals surface area contributed by atoms with Gasteiger partial charge in [0, 0.05) is 43.6 Å². The lowest BCUT2D eigenvalue weighted by molar-refractivity contribution is 0.173. The molecule has 1 saturated heterocycles. The molecular formula is C15H17F2N3O. The van der Waals surface area contributed by atoms with Crippen LogP contribution in [0.15, 0.2) is 36.9 Å². The molecule has 0 bridgehead atoms. The lowest BCUT2D eigenvalue weighted by Gasteiger charge is -2.24. The van der Waals surface area contributed by atoms with E-state index in [0.717, 1.165) is 12.1 Å². The Morgan fingerprint density at radius 1 is 1.29 bits per heavy atom. The predicted molar refractivity (Wildman–Crippen MR) is 73.5 cm³/mol. The normalized spacial score (nSPS) is 22.8. The zero-order valence-electron chi connectivity index (χ0n) is 11.5. The molecule has 1 fully saturated rings. The average molecular weight is 293 g/mol. The fourth-order valence-electron chi connectivity index (χ4n) is 2.88. The lowest BCUT2D eigenvalue weighted by Crippen LogP contribution is -2.28. The highest BCUT2D eigenvalue weighted by Gasteiger charge is 2.33. The van der Waals surface area contributed by atoms with Gasteiger partial charge in [-0.25, -0.2) is 13.8 Å². The van der Waals surface area contributed by atoms with Gasteiger partial charge in [-0.2, -0.15) is 0 Å². The molecule has 2 atom stereocenters. The fourth-order valence-corrected chi connectivity index (χ4v) is 2.88. The van der Waals surface area contributed by atoms with Crippen molar-refractivity contribution in [2.24, 2.45) is 0 Å². The second-order valence-electron chi connectivity index (χ2n) is 5.37. The van der Waals surface area contributed by atoms with E-state index in [-0.39, 0.29) is 6.04 Å². The van der Waals surface area contributed by atoms with Crippen LogP contribution >= 0.6 is 0 Å². The largest absolute Gasteiger partial charge is 0.392 e.